The van der Waals surface area contributed by atoms with Crippen LogP contribution in [0.2, 0.25) is 0 Å². The summed E-state index contributed by atoms with van der Waals surface area (Å²) >= 11 is 0. The molecule has 108 valence electrons. The molecule has 0 heterocycles. The van der Waals surface area contributed by atoms with Gasteiger partial charge in [0.15, 0.2) is 0 Å². The minimum atomic E-state index is 0.453. The Morgan fingerprint density at radius 1 is 1.06 bits per heavy atom. The van der Waals surface area contributed by atoms with Crippen LogP contribution < -0.4 is 5.32 Å². The highest BCUT2D eigenvalue weighted by atomic mass is 16.5. The third kappa shape index (κ3) is 6.19. The van der Waals surface area contributed by atoms with E-state index in [0.717, 1.165) is 12.5 Å². The minimum absolute atomic E-state index is 0.453. The summed E-state index contributed by atoms with van der Waals surface area (Å²) in [6, 6.07) is 0.585. The maximum absolute atomic E-state index is 6.10. The van der Waals surface area contributed by atoms with Gasteiger partial charge in [-0.1, -0.05) is 46.0 Å². The van der Waals surface area contributed by atoms with Crippen molar-refractivity contribution in [3.8, 4) is 0 Å². The molecule has 0 saturated heterocycles. The molecular formula is C16H33NO. The summed E-state index contributed by atoms with van der Waals surface area (Å²) in [4.78, 5) is 0. The minimum Gasteiger partial charge on any atom is -0.377 e. The average molecular weight is 255 g/mol. The highest BCUT2D eigenvalue weighted by molar-refractivity contribution is 4.83. The van der Waals surface area contributed by atoms with E-state index in [2.05, 4.69) is 26.2 Å². The summed E-state index contributed by atoms with van der Waals surface area (Å²) in [5.74, 6) is 0.837. The van der Waals surface area contributed by atoms with Gasteiger partial charge in [-0.05, 0) is 38.6 Å². The van der Waals surface area contributed by atoms with Crippen molar-refractivity contribution in [2.24, 2.45) is 5.92 Å². The van der Waals surface area contributed by atoms with Crippen LogP contribution in [0.4, 0.5) is 0 Å². The van der Waals surface area contributed by atoms with Crippen LogP contribution in [-0.2, 0) is 4.74 Å². The van der Waals surface area contributed by atoms with Crippen LogP contribution in [0, 0.1) is 5.92 Å². The largest absolute Gasteiger partial charge is 0.377 e. The molecular weight excluding hydrogens is 222 g/mol. The smallest absolute Gasteiger partial charge is 0.0730 e. The van der Waals surface area contributed by atoms with E-state index in [1.807, 2.05) is 0 Å². The predicted molar refractivity (Wildman–Crippen MR) is 79.0 cm³/mol. The molecule has 3 unspecified atom stereocenters. The topological polar surface area (TPSA) is 21.3 Å². The molecule has 2 nitrogen and oxygen atoms in total. The van der Waals surface area contributed by atoms with Gasteiger partial charge in [0, 0.05) is 12.6 Å². The van der Waals surface area contributed by atoms with Gasteiger partial charge in [-0.15, -0.1) is 0 Å². The lowest BCUT2D eigenvalue weighted by molar-refractivity contribution is -0.00723. The number of hydrogen-bond acceptors (Lipinski definition) is 2. The maximum Gasteiger partial charge on any atom is 0.0730 e. The van der Waals surface area contributed by atoms with Crippen LogP contribution in [-0.4, -0.2) is 25.8 Å². The van der Waals surface area contributed by atoms with Crippen LogP contribution in [0.5, 0.6) is 0 Å². The molecule has 1 N–H and O–H groups in total. The lowest BCUT2D eigenvalue weighted by Crippen LogP contribution is -2.43. The maximum atomic E-state index is 6.10. The highest BCUT2D eigenvalue weighted by Gasteiger charge is 2.27. The third-order valence-electron chi connectivity index (χ3n) is 4.25. The Kier molecular flexibility index (Phi) is 8.70. The third-order valence-corrected chi connectivity index (χ3v) is 4.25. The van der Waals surface area contributed by atoms with Crippen molar-refractivity contribution in [1.29, 1.82) is 0 Å². The zero-order valence-corrected chi connectivity index (χ0v) is 12.7. The van der Waals surface area contributed by atoms with E-state index in [0.29, 0.717) is 12.1 Å². The Bertz CT molecular complexity index is 196. The molecule has 1 rings (SSSR count). The van der Waals surface area contributed by atoms with E-state index in [-0.39, 0.29) is 0 Å². The van der Waals surface area contributed by atoms with Crippen molar-refractivity contribution in [3.63, 3.8) is 0 Å². The first-order valence-corrected chi connectivity index (χ1v) is 8.06. The van der Waals surface area contributed by atoms with Crippen molar-refractivity contribution in [1.82, 2.24) is 5.32 Å². The summed E-state index contributed by atoms with van der Waals surface area (Å²) in [5.41, 5.74) is 0. The Balaban J connectivity index is 2.05. The SMILES string of the molecule is CCCCCCCCOC1CC(C)CCC1NC. The van der Waals surface area contributed by atoms with Gasteiger partial charge in [-0.25, -0.2) is 0 Å². The van der Waals surface area contributed by atoms with E-state index >= 15 is 0 Å². The molecule has 0 aromatic carbocycles. The fourth-order valence-electron chi connectivity index (χ4n) is 2.96. The van der Waals surface area contributed by atoms with E-state index in [1.54, 1.807) is 0 Å². The Hall–Kier alpha value is -0.0800. The number of ether oxygens (including phenoxy) is 1. The van der Waals surface area contributed by atoms with Crippen molar-refractivity contribution >= 4 is 0 Å². The Labute approximate surface area is 114 Å². The van der Waals surface area contributed by atoms with Gasteiger partial charge in [0.05, 0.1) is 6.10 Å². The molecule has 0 spiro atoms. The second-order valence-electron chi connectivity index (χ2n) is 5.99. The average Bonchev–Trinajstić information content (AvgIpc) is 2.38. The molecule has 0 bridgehead atoms. The number of hydrogen-bond donors (Lipinski definition) is 1. The quantitative estimate of drug-likeness (QED) is 0.625. The second-order valence-corrected chi connectivity index (χ2v) is 5.99. The van der Waals surface area contributed by atoms with Crippen LogP contribution in [0.25, 0.3) is 0 Å². The fourth-order valence-corrected chi connectivity index (χ4v) is 2.96. The first kappa shape index (κ1) is 16.0. The van der Waals surface area contributed by atoms with Crippen LogP contribution in [0.15, 0.2) is 0 Å². The summed E-state index contributed by atoms with van der Waals surface area (Å²) < 4.78 is 6.10. The summed E-state index contributed by atoms with van der Waals surface area (Å²) in [5, 5.41) is 3.42. The molecule has 3 atom stereocenters. The first-order valence-electron chi connectivity index (χ1n) is 8.06. The normalized spacial score (nSPS) is 28.5. The molecule has 0 aromatic rings. The van der Waals surface area contributed by atoms with E-state index in [9.17, 15) is 0 Å². The zero-order chi connectivity index (χ0) is 13.2. The van der Waals surface area contributed by atoms with Crippen LogP contribution in [0.3, 0.4) is 0 Å². The first-order chi connectivity index (χ1) is 8.77. The molecule has 0 radical (unpaired) electrons. The predicted octanol–water partition coefficient (Wildman–Crippen LogP) is 4.14. The molecule has 0 aromatic heterocycles. The van der Waals surface area contributed by atoms with Crippen LogP contribution in [0.1, 0.15) is 71.6 Å². The van der Waals surface area contributed by atoms with Gasteiger partial charge in [-0.2, -0.15) is 0 Å². The lowest BCUT2D eigenvalue weighted by atomic mass is 9.85. The zero-order valence-electron chi connectivity index (χ0n) is 12.7. The summed E-state index contributed by atoms with van der Waals surface area (Å²) in [6.45, 7) is 5.58. The lowest BCUT2D eigenvalue weighted by Gasteiger charge is -2.34. The summed E-state index contributed by atoms with van der Waals surface area (Å²) in [7, 11) is 2.07. The van der Waals surface area contributed by atoms with Gasteiger partial charge < -0.3 is 10.1 Å². The number of nitrogens with one attached hydrogen (secondary N) is 1. The van der Waals surface area contributed by atoms with Crippen molar-refractivity contribution in [2.75, 3.05) is 13.7 Å². The fraction of sp³-hybridized carbons (Fsp3) is 1.00. The molecule has 1 saturated carbocycles. The number of rotatable bonds is 9. The van der Waals surface area contributed by atoms with Gasteiger partial charge >= 0.3 is 0 Å². The standard InChI is InChI=1S/C16H33NO/c1-4-5-6-7-8-9-12-18-16-13-14(2)10-11-15(16)17-3/h14-17H,4-13H2,1-3H3. The number of unbranched alkanes of at least 4 members (excludes halogenated alkanes) is 5. The molecule has 0 aliphatic heterocycles. The monoisotopic (exact) mass is 255 g/mol. The molecule has 0 amide bonds. The molecule has 18 heavy (non-hydrogen) atoms. The van der Waals surface area contributed by atoms with Crippen molar-refractivity contribution in [3.05, 3.63) is 0 Å². The molecule has 2 heteroatoms. The Morgan fingerprint density at radius 2 is 1.78 bits per heavy atom. The van der Waals surface area contributed by atoms with Gasteiger partial charge in [0.25, 0.3) is 0 Å². The van der Waals surface area contributed by atoms with E-state index < -0.39 is 0 Å². The molecule has 1 aliphatic rings. The van der Waals surface area contributed by atoms with Gasteiger partial charge in [-0.3, -0.25) is 0 Å². The highest BCUT2D eigenvalue weighted by Crippen LogP contribution is 2.26. The molecule has 1 aliphatic carbocycles. The van der Waals surface area contributed by atoms with Crippen molar-refractivity contribution in [2.45, 2.75) is 83.8 Å². The van der Waals surface area contributed by atoms with Crippen molar-refractivity contribution < 1.29 is 4.74 Å². The Morgan fingerprint density at radius 3 is 2.50 bits per heavy atom. The molecule has 1 fully saturated rings. The van der Waals surface area contributed by atoms with Gasteiger partial charge in [0.2, 0.25) is 0 Å². The second kappa shape index (κ2) is 9.80. The van der Waals surface area contributed by atoms with Gasteiger partial charge in [0.1, 0.15) is 0 Å². The summed E-state index contributed by atoms with van der Waals surface area (Å²) in [6.07, 6.45) is 12.4. The van der Waals surface area contributed by atoms with E-state index in [4.69, 9.17) is 4.74 Å². The van der Waals surface area contributed by atoms with Crippen LogP contribution >= 0.6 is 0 Å². The number of likely N-dealkylation sites (N-methyl/N-ethyl adjacent to an activating group) is 1. The van der Waals surface area contributed by atoms with E-state index in [1.165, 1.54) is 57.8 Å².